The summed E-state index contributed by atoms with van der Waals surface area (Å²) < 4.78 is 5.46. The standard InChI is InChI=1S/C21H28N2O3S/c1-3-20(24)23-12-13-27-15-18(23)21(25)22-10-8-16(9-11-22)14-17-6-4-5-7-19(17)26-2/h3-7,16,18H,1,8-15H2,2H3. The van der Waals surface area contributed by atoms with Crippen molar-refractivity contribution in [3.63, 3.8) is 0 Å². The number of carbonyl (C=O) groups is 2. The van der Waals surface area contributed by atoms with Crippen molar-refractivity contribution in [1.82, 2.24) is 9.80 Å². The van der Waals surface area contributed by atoms with Crippen LogP contribution >= 0.6 is 11.8 Å². The number of para-hydroxylation sites is 1. The van der Waals surface area contributed by atoms with Gasteiger partial charge in [-0.3, -0.25) is 9.59 Å². The Labute approximate surface area is 165 Å². The van der Waals surface area contributed by atoms with E-state index in [4.69, 9.17) is 4.74 Å². The number of amides is 2. The van der Waals surface area contributed by atoms with E-state index < -0.39 is 0 Å². The van der Waals surface area contributed by atoms with Gasteiger partial charge in [-0.1, -0.05) is 24.8 Å². The van der Waals surface area contributed by atoms with Gasteiger partial charge in [0.25, 0.3) is 0 Å². The van der Waals surface area contributed by atoms with E-state index in [0.29, 0.717) is 18.2 Å². The summed E-state index contributed by atoms with van der Waals surface area (Å²) in [5, 5.41) is 0. The number of benzene rings is 1. The molecular weight excluding hydrogens is 360 g/mol. The molecule has 0 radical (unpaired) electrons. The van der Waals surface area contributed by atoms with Gasteiger partial charge in [-0.15, -0.1) is 0 Å². The molecule has 0 bridgehead atoms. The van der Waals surface area contributed by atoms with Gasteiger partial charge in [0.1, 0.15) is 11.8 Å². The lowest BCUT2D eigenvalue weighted by atomic mass is 9.89. The molecule has 2 aliphatic rings. The number of piperidine rings is 1. The Morgan fingerprint density at radius 3 is 2.70 bits per heavy atom. The van der Waals surface area contributed by atoms with Gasteiger partial charge in [0.2, 0.25) is 11.8 Å². The number of ether oxygens (including phenoxy) is 1. The van der Waals surface area contributed by atoms with E-state index in [1.54, 1.807) is 23.8 Å². The lowest BCUT2D eigenvalue weighted by molar-refractivity contribution is -0.143. The summed E-state index contributed by atoms with van der Waals surface area (Å²) in [5.74, 6) is 3.00. The molecule has 2 amide bonds. The number of rotatable bonds is 5. The fourth-order valence-electron chi connectivity index (χ4n) is 3.94. The van der Waals surface area contributed by atoms with E-state index in [-0.39, 0.29) is 17.9 Å². The van der Waals surface area contributed by atoms with Gasteiger partial charge in [-0.05, 0) is 42.9 Å². The van der Waals surface area contributed by atoms with Gasteiger partial charge in [0.15, 0.2) is 0 Å². The van der Waals surface area contributed by atoms with Crippen molar-refractivity contribution < 1.29 is 14.3 Å². The number of hydrogen-bond donors (Lipinski definition) is 0. The van der Waals surface area contributed by atoms with Gasteiger partial charge in [-0.25, -0.2) is 0 Å². The van der Waals surface area contributed by atoms with E-state index >= 15 is 0 Å². The van der Waals surface area contributed by atoms with Crippen LogP contribution in [0.5, 0.6) is 5.75 Å². The Balaban J connectivity index is 1.57. The van der Waals surface area contributed by atoms with Crippen LogP contribution in [0.2, 0.25) is 0 Å². The van der Waals surface area contributed by atoms with Crippen LogP contribution in [0.1, 0.15) is 18.4 Å². The fourth-order valence-corrected chi connectivity index (χ4v) is 4.98. The van der Waals surface area contributed by atoms with Crippen LogP contribution in [0.25, 0.3) is 0 Å². The summed E-state index contributed by atoms with van der Waals surface area (Å²) in [4.78, 5) is 28.7. The fraction of sp³-hybridized carbons (Fsp3) is 0.524. The molecule has 0 aliphatic carbocycles. The van der Waals surface area contributed by atoms with Crippen LogP contribution < -0.4 is 4.74 Å². The third-order valence-corrected chi connectivity index (χ3v) is 6.52. The van der Waals surface area contributed by atoms with Crippen molar-refractivity contribution in [1.29, 1.82) is 0 Å². The molecule has 0 spiro atoms. The molecule has 2 heterocycles. The van der Waals surface area contributed by atoms with E-state index in [9.17, 15) is 9.59 Å². The first-order valence-corrected chi connectivity index (χ1v) is 10.7. The average Bonchev–Trinajstić information content (AvgIpc) is 2.73. The molecule has 1 atom stereocenters. The molecule has 0 N–H and O–H groups in total. The Bertz CT molecular complexity index is 686. The van der Waals surface area contributed by atoms with E-state index in [1.807, 2.05) is 23.1 Å². The second kappa shape index (κ2) is 9.31. The summed E-state index contributed by atoms with van der Waals surface area (Å²) in [7, 11) is 1.71. The molecular formula is C21H28N2O3S. The first-order chi connectivity index (χ1) is 13.1. The van der Waals surface area contributed by atoms with Crippen LogP contribution in [0.3, 0.4) is 0 Å². The van der Waals surface area contributed by atoms with Crippen molar-refractivity contribution in [3.05, 3.63) is 42.5 Å². The maximum absolute atomic E-state index is 13.0. The molecule has 2 fully saturated rings. The van der Waals surface area contributed by atoms with Gasteiger partial charge < -0.3 is 14.5 Å². The zero-order chi connectivity index (χ0) is 19.2. The molecule has 0 aromatic heterocycles. The van der Waals surface area contributed by atoms with Crippen LogP contribution in [0.15, 0.2) is 36.9 Å². The number of carbonyl (C=O) groups excluding carboxylic acids is 2. The minimum Gasteiger partial charge on any atom is -0.496 e. The third-order valence-electron chi connectivity index (χ3n) is 5.50. The molecule has 2 aliphatic heterocycles. The minimum absolute atomic E-state index is 0.0909. The quantitative estimate of drug-likeness (QED) is 0.728. The summed E-state index contributed by atoms with van der Waals surface area (Å²) in [6, 6.07) is 7.80. The van der Waals surface area contributed by atoms with Crippen LogP contribution in [-0.2, 0) is 16.0 Å². The molecule has 27 heavy (non-hydrogen) atoms. The molecule has 0 saturated carbocycles. The number of likely N-dealkylation sites (tertiary alicyclic amines) is 1. The molecule has 1 unspecified atom stereocenters. The molecule has 1 aromatic rings. The number of nitrogens with zero attached hydrogens (tertiary/aromatic N) is 2. The normalized spacial score (nSPS) is 21.0. The van der Waals surface area contributed by atoms with Crippen LogP contribution in [0.4, 0.5) is 0 Å². The lowest BCUT2D eigenvalue weighted by Crippen LogP contribution is -2.55. The molecule has 146 valence electrons. The smallest absolute Gasteiger partial charge is 0.246 e. The highest BCUT2D eigenvalue weighted by atomic mass is 32.2. The van der Waals surface area contributed by atoms with Crippen LogP contribution in [0, 0.1) is 5.92 Å². The maximum Gasteiger partial charge on any atom is 0.246 e. The zero-order valence-corrected chi connectivity index (χ0v) is 16.7. The Hall–Kier alpha value is -1.95. The van der Waals surface area contributed by atoms with Crippen molar-refractivity contribution >= 4 is 23.6 Å². The van der Waals surface area contributed by atoms with Crippen molar-refractivity contribution in [2.45, 2.75) is 25.3 Å². The van der Waals surface area contributed by atoms with Crippen molar-refractivity contribution in [2.75, 3.05) is 38.2 Å². The maximum atomic E-state index is 13.0. The third kappa shape index (κ3) is 4.67. The number of thioether (sulfide) groups is 1. The molecule has 5 nitrogen and oxygen atoms in total. The summed E-state index contributed by atoms with van der Waals surface area (Å²) in [6.45, 7) is 5.71. The van der Waals surface area contributed by atoms with Crippen molar-refractivity contribution in [2.24, 2.45) is 5.92 Å². The van der Waals surface area contributed by atoms with Gasteiger partial charge >= 0.3 is 0 Å². The average molecular weight is 389 g/mol. The lowest BCUT2D eigenvalue weighted by Gasteiger charge is -2.39. The Morgan fingerprint density at radius 1 is 1.26 bits per heavy atom. The Kier molecular flexibility index (Phi) is 6.83. The number of methoxy groups -OCH3 is 1. The molecule has 6 heteroatoms. The van der Waals surface area contributed by atoms with E-state index in [0.717, 1.165) is 43.9 Å². The largest absolute Gasteiger partial charge is 0.496 e. The van der Waals surface area contributed by atoms with E-state index in [1.165, 1.54) is 11.6 Å². The number of hydrogen-bond acceptors (Lipinski definition) is 4. The second-order valence-electron chi connectivity index (χ2n) is 7.11. The summed E-state index contributed by atoms with van der Waals surface area (Å²) in [5.41, 5.74) is 1.23. The zero-order valence-electron chi connectivity index (χ0n) is 15.9. The van der Waals surface area contributed by atoms with Gasteiger partial charge in [0.05, 0.1) is 7.11 Å². The summed E-state index contributed by atoms with van der Waals surface area (Å²) >= 11 is 1.74. The molecule has 3 rings (SSSR count). The highest BCUT2D eigenvalue weighted by molar-refractivity contribution is 7.99. The first kappa shape index (κ1) is 19.8. The highest BCUT2D eigenvalue weighted by Crippen LogP contribution is 2.28. The van der Waals surface area contributed by atoms with Gasteiger partial charge in [-0.2, -0.15) is 11.8 Å². The SMILES string of the molecule is C=CC(=O)N1CCSCC1C(=O)N1CCC(Cc2ccccc2OC)CC1. The topological polar surface area (TPSA) is 49.9 Å². The second-order valence-corrected chi connectivity index (χ2v) is 8.26. The van der Waals surface area contributed by atoms with Crippen LogP contribution in [-0.4, -0.2) is 65.9 Å². The monoisotopic (exact) mass is 388 g/mol. The summed E-state index contributed by atoms with van der Waals surface area (Å²) in [6.07, 6.45) is 4.26. The van der Waals surface area contributed by atoms with Crippen molar-refractivity contribution in [3.8, 4) is 5.75 Å². The molecule has 1 aromatic carbocycles. The molecule has 2 saturated heterocycles. The Morgan fingerprint density at radius 2 is 2.00 bits per heavy atom. The predicted octanol–water partition coefficient (Wildman–Crippen LogP) is 2.61. The van der Waals surface area contributed by atoms with Gasteiger partial charge in [0, 0.05) is 31.1 Å². The highest BCUT2D eigenvalue weighted by Gasteiger charge is 2.35. The van der Waals surface area contributed by atoms with E-state index in [2.05, 4.69) is 12.6 Å². The first-order valence-electron chi connectivity index (χ1n) is 9.55. The predicted molar refractivity (Wildman–Crippen MR) is 109 cm³/mol. The minimum atomic E-state index is -0.347.